The Balaban J connectivity index is 1.05. The molecule has 0 fully saturated rings. The number of hydrogen-bond donors (Lipinski definition) is 1. The summed E-state index contributed by atoms with van der Waals surface area (Å²) in [4.78, 5) is 106. The number of aliphatic hydroxyl groups is 1. The van der Waals surface area contributed by atoms with E-state index >= 15 is 0 Å². The molecule has 5 rings (SSSR count). The fourth-order valence-electron chi connectivity index (χ4n) is 11.8. The highest BCUT2D eigenvalue weighted by molar-refractivity contribution is 6.01. The van der Waals surface area contributed by atoms with Gasteiger partial charge in [0.05, 0.1) is 99.1 Å². The van der Waals surface area contributed by atoms with Gasteiger partial charge in [0, 0.05) is 6.61 Å². The molecule has 0 aliphatic heterocycles. The normalized spacial score (nSPS) is 10.9. The van der Waals surface area contributed by atoms with Crippen LogP contribution in [0.3, 0.4) is 0 Å². The summed E-state index contributed by atoms with van der Waals surface area (Å²) in [5.74, 6) is -3.42. The van der Waals surface area contributed by atoms with Crippen LogP contribution in [-0.4, -0.2) is 159 Å². The molecule has 0 bridgehead atoms. The van der Waals surface area contributed by atoms with Gasteiger partial charge in [-0.05, 0) is 161 Å². The zero-order valence-electron chi connectivity index (χ0n) is 67.2. The molecule has 0 radical (unpaired) electrons. The van der Waals surface area contributed by atoms with E-state index < -0.39 is 47.8 Å². The Morgan fingerprint density at radius 2 is 0.384 bits per heavy atom. The molecule has 0 heterocycles. The van der Waals surface area contributed by atoms with Gasteiger partial charge in [0.2, 0.25) is 0 Å². The number of ether oxygens (including phenoxy) is 16. The summed E-state index contributed by atoms with van der Waals surface area (Å²) in [5, 5.41) is 9.05. The third-order valence-corrected chi connectivity index (χ3v) is 17.5. The van der Waals surface area contributed by atoms with E-state index in [1.165, 1.54) is 48.5 Å². The molecule has 0 aliphatic rings. The fraction of sp³-hybridized carbons (Fsp3) is 0.563. The van der Waals surface area contributed by atoms with Gasteiger partial charge in [-0.15, -0.1) is 0 Å². The molecule has 112 heavy (non-hydrogen) atoms. The molecule has 5 aromatic carbocycles. The minimum atomic E-state index is -0.627. The molecular weight excluding hydrogens is 1440 g/mol. The van der Waals surface area contributed by atoms with Crippen molar-refractivity contribution in [1.29, 1.82) is 0 Å². The lowest BCUT2D eigenvalue weighted by Crippen LogP contribution is -2.14. The number of carbonyl (C=O) groups is 8. The van der Waals surface area contributed by atoms with Crippen LogP contribution in [0.1, 0.15) is 298 Å². The van der Waals surface area contributed by atoms with E-state index in [4.69, 9.17) is 80.9 Å². The van der Waals surface area contributed by atoms with Crippen LogP contribution in [0.5, 0.6) is 46.0 Å². The predicted molar refractivity (Wildman–Crippen MR) is 421 cm³/mol. The van der Waals surface area contributed by atoms with Gasteiger partial charge in [0.15, 0.2) is 0 Å². The highest BCUT2D eigenvalue weighted by Crippen LogP contribution is 2.37. The number of aliphatic hydroxyl groups excluding tert-OH is 1. The molecule has 618 valence electrons. The smallest absolute Gasteiger partial charge is 0.342 e. The van der Waals surface area contributed by atoms with Gasteiger partial charge in [-0.25, -0.2) is 38.4 Å². The zero-order valence-corrected chi connectivity index (χ0v) is 67.2. The average molecular weight is 1570 g/mol. The van der Waals surface area contributed by atoms with Crippen molar-refractivity contribution in [2.24, 2.45) is 0 Å². The van der Waals surface area contributed by atoms with Gasteiger partial charge in [-0.2, -0.15) is 0 Å². The van der Waals surface area contributed by atoms with Crippen molar-refractivity contribution in [2.45, 2.75) is 216 Å². The van der Waals surface area contributed by atoms with E-state index in [-0.39, 0.29) is 196 Å². The number of benzene rings is 5. The molecule has 0 atom stereocenters. The van der Waals surface area contributed by atoms with Crippen LogP contribution in [0, 0.1) is 0 Å². The maximum Gasteiger partial charge on any atom is 0.342 e. The van der Waals surface area contributed by atoms with Crippen molar-refractivity contribution in [3.63, 3.8) is 0 Å². The summed E-state index contributed by atoms with van der Waals surface area (Å²) >= 11 is 0. The maximum atomic E-state index is 13.4. The van der Waals surface area contributed by atoms with Gasteiger partial charge in [0.1, 0.15) is 97.1 Å². The van der Waals surface area contributed by atoms with E-state index in [9.17, 15) is 38.4 Å². The summed E-state index contributed by atoms with van der Waals surface area (Å²) < 4.78 is 92.0. The van der Waals surface area contributed by atoms with E-state index in [1.807, 2.05) is 30.3 Å². The van der Waals surface area contributed by atoms with E-state index in [1.54, 1.807) is 55.4 Å². The van der Waals surface area contributed by atoms with Crippen LogP contribution >= 0.6 is 0 Å². The summed E-state index contributed by atoms with van der Waals surface area (Å²) in [6, 6.07) is 21.3. The second kappa shape index (κ2) is 55.6. The SMILES string of the molecule is CCOC(=O)c1cc(OCCCCCCCCOc2cc(C(=O)OCC)c(OCCCCCCCCOc3cc(C(=O)OCC)c(OCCCCCCCCOc4cc(C(=O)OCC)c(OCc5ccccc5)cc4C(=O)OCC)cc3C(=O)OCC)cc2C(=O)OCC)c(C(=O)OCC)cc1OCCCCCCCCO. The van der Waals surface area contributed by atoms with Crippen LogP contribution in [0.2, 0.25) is 0 Å². The first-order valence-electron chi connectivity index (χ1n) is 40.4. The van der Waals surface area contributed by atoms with Crippen molar-refractivity contribution in [3.8, 4) is 46.0 Å². The number of carbonyl (C=O) groups excluding carboxylic acids is 8. The molecule has 5 aromatic rings. The highest BCUT2D eigenvalue weighted by atomic mass is 16.6. The van der Waals surface area contributed by atoms with Crippen molar-refractivity contribution >= 4 is 47.8 Å². The molecule has 1 N–H and O–H groups in total. The molecule has 0 spiro atoms. The van der Waals surface area contributed by atoms with Crippen LogP contribution < -0.4 is 37.9 Å². The predicted octanol–water partition coefficient (Wildman–Crippen LogP) is 17.8. The van der Waals surface area contributed by atoms with Crippen molar-refractivity contribution < 1.29 is 119 Å². The lowest BCUT2D eigenvalue weighted by Gasteiger charge is -2.17. The minimum absolute atomic E-state index is 0.113. The van der Waals surface area contributed by atoms with Gasteiger partial charge < -0.3 is 80.9 Å². The van der Waals surface area contributed by atoms with Gasteiger partial charge in [-0.1, -0.05) is 133 Å². The first kappa shape index (κ1) is 92.8. The molecule has 25 heteroatoms. The molecule has 25 nitrogen and oxygen atoms in total. The molecule has 0 aliphatic carbocycles. The number of esters is 8. The lowest BCUT2D eigenvalue weighted by atomic mass is 10.1. The Morgan fingerprint density at radius 3 is 0.554 bits per heavy atom. The van der Waals surface area contributed by atoms with E-state index in [0.29, 0.717) is 45.1 Å². The van der Waals surface area contributed by atoms with Crippen molar-refractivity contribution in [3.05, 3.63) is 129 Å². The van der Waals surface area contributed by atoms with Gasteiger partial charge in [-0.3, -0.25) is 0 Å². The standard InChI is InChI=1S/C87H120O25/c1-9-97-80(89)64-55-73(65(81(90)98-10-2)54-72(64)105-47-37-26-18-17-25-36-46-88)106-48-38-27-19-20-28-39-49-107-74-56-67(83(92)100-12-4)75(57-66(74)82(91)99-11-3)108-50-40-29-21-22-30-41-51-109-76-58-69(85(94)102-14-6)77(59-68(76)84(93)101-13-5)110-52-42-31-23-24-32-43-53-111-78-60-71(87(96)104-16-8)79(61-70(78)86(95)103-15-7)112-62-63-44-34-33-35-45-63/h33-35,44-45,54-61,88H,9-32,36-43,46-53,62H2,1-8H3. The van der Waals surface area contributed by atoms with Crippen LogP contribution in [0.15, 0.2) is 78.9 Å². The van der Waals surface area contributed by atoms with Crippen LogP contribution in [-0.2, 0) is 44.5 Å². The second-order valence-corrected chi connectivity index (χ2v) is 26.1. The van der Waals surface area contributed by atoms with Crippen LogP contribution in [0.25, 0.3) is 0 Å². The second-order valence-electron chi connectivity index (χ2n) is 26.1. The first-order valence-corrected chi connectivity index (χ1v) is 40.4. The lowest BCUT2D eigenvalue weighted by molar-refractivity contribution is 0.0502. The molecule has 0 saturated carbocycles. The zero-order chi connectivity index (χ0) is 80.9. The Morgan fingerprint density at radius 1 is 0.223 bits per heavy atom. The van der Waals surface area contributed by atoms with Gasteiger partial charge >= 0.3 is 47.8 Å². The molecular formula is C87H120O25. The monoisotopic (exact) mass is 1560 g/mol. The van der Waals surface area contributed by atoms with Crippen molar-refractivity contribution in [2.75, 3.05) is 106 Å². The Labute approximate surface area is 660 Å². The third kappa shape index (κ3) is 33.3. The maximum absolute atomic E-state index is 13.4. The average Bonchev–Trinajstić information content (AvgIpc) is 0.828. The minimum Gasteiger partial charge on any atom is -0.493 e. The number of hydrogen-bond acceptors (Lipinski definition) is 25. The summed E-state index contributed by atoms with van der Waals surface area (Å²) in [6.07, 6.45) is 19.5. The fourth-order valence-corrected chi connectivity index (χ4v) is 11.8. The third-order valence-electron chi connectivity index (χ3n) is 17.5. The molecule has 0 amide bonds. The summed E-state index contributed by atoms with van der Waals surface area (Å²) in [6.45, 7) is 16.9. The number of rotatable bonds is 61. The Kier molecular flexibility index (Phi) is 46.1. The topological polar surface area (TPSA) is 304 Å². The van der Waals surface area contributed by atoms with Crippen LogP contribution in [0.4, 0.5) is 0 Å². The number of unbranched alkanes of at least 4 members (excludes halogenated alkanes) is 20. The summed E-state index contributed by atoms with van der Waals surface area (Å²) in [5.41, 5.74) is 1.93. The first-order chi connectivity index (χ1) is 54.6. The van der Waals surface area contributed by atoms with Gasteiger partial charge in [0.25, 0.3) is 0 Å². The Hall–Kier alpha value is -9.78. The highest BCUT2D eigenvalue weighted by Gasteiger charge is 2.29. The van der Waals surface area contributed by atoms with Crippen molar-refractivity contribution in [1.82, 2.24) is 0 Å². The largest absolute Gasteiger partial charge is 0.493 e. The molecule has 0 aromatic heterocycles. The Bertz CT molecular complexity index is 3640. The molecule has 0 unspecified atom stereocenters. The summed E-state index contributed by atoms with van der Waals surface area (Å²) in [7, 11) is 0. The quantitative estimate of drug-likeness (QED) is 0.0215. The molecule has 0 saturated heterocycles. The van der Waals surface area contributed by atoms with E-state index in [2.05, 4.69) is 0 Å². The van der Waals surface area contributed by atoms with E-state index in [0.717, 1.165) is 121 Å².